The second-order valence-electron chi connectivity index (χ2n) is 7.15. The van der Waals surface area contributed by atoms with E-state index >= 15 is 0 Å². The molecule has 7 heteroatoms. The summed E-state index contributed by atoms with van der Waals surface area (Å²) in [5, 5.41) is 16.7. The lowest BCUT2D eigenvalue weighted by Crippen LogP contribution is -2.32. The summed E-state index contributed by atoms with van der Waals surface area (Å²) >= 11 is 1.28. The fourth-order valence-electron chi connectivity index (χ4n) is 3.76. The molecular weight excluding hydrogens is 398 g/mol. The van der Waals surface area contributed by atoms with Crippen LogP contribution in [0.5, 0.6) is 0 Å². The van der Waals surface area contributed by atoms with Crippen LogP contribution in [0.1, 0.15) is 36.5 Å². The molecule has 2 aromatic rings. The van der Waals surface area contributed by atoms with Gasteiger partial charge < -0.3 is 15.1 Å². The van der Waals surface area contributed by atoms with E-state index in [1.807, 2.05) is 30.3 Å². The van der Waals surface area contributed by atoms with Crippen LogP contribution in [0.15, 0.2) is 75.0 Å². The van der Waals surface area contributed by atoms with Gasteiger partial charge in [0.2, 0.25) is 5.91 Å². The molecule has 1 aliphatic carbocycles. The summed E-state index contributed by atoms with van der Waals surface area (Å²) in [6, 6.07) is 15.5. The van der Waals surface area contributed by atoms with Crippen molar-refractivity contribution in [1.29, 1.82) is 5.26 Å². The maximum absolute atomic E-state index is 12.6. The van der Waals surface area contributed by atoms with Gasteiger partial charge in [-0.15, -0.1) is 0 Å². The van der Waals surface area contributed by atoms with Crippen LogP contribution < -0.4 is 10.6 Å². The number of hydrogen-bond acceptors (Lipinski definition) is 6. The third kappa shape index (κ3) is 4.19. The number of benzene rings is 1. The van der Waals surface area contributed by atoms with E-state index in [1.54, 1.807) is 18.4 Å². The van der Waals surface area contributed by atoms with Gasteiger partial charge in [-0.2, -0.15) is 5.26 Å². The van der Waals surface area contributed by atoms with Gasteiger partial charge in [-0.1, -0.05) is 42.1 Å². The minimum Gasteiger partial charge on any atom is -0.468 e. The second kappa shape index (κ2) is 9.06. The van der Waals surface area contributed by atoms with Gasteiger partial charge in [0, 0.05) is 24.2 Å². The topological polar surface area (TPSA) is 95.1 Å². The molecule has 152 valence electrons. The molecule has 0 saturated heterocycles. The average Bonchev–Trinajstić information content (AvgIpc) is 3.30. The summed E-state index contributed by atoms with van der Waals surface area (Å²) in [5.41, 5.74) is 2.89. The van der Waals surface area contributed by atoms with Crippen molar-refractivity contribution in [3.05, 3.63) is 81.9 Å². The quantitative estimate of drug-likeness (QED) is 0.740. The van der Waals surface area contributed by atoms with Crippen molar-refractivity contribution in [2.24, 2.45) is 0 Å². The Bertz CT molecular complexity index is 1050. The molecule has 1 aromatic heterocycles. The Kier molecular flexibility index (Phi) is 6.05. The van der Waals surface area contributed by atoms with Crippen molar-refractivity contribution >= 4 is 23.5 Å². The first kappa shape index (κ1) is 20.0. The number of rotatable bonds is 6. The van der Waals surface area contributed by atoms with Crippen molar-refractivity contribution < 1.29 is 14.0 Å². The van der Waals surface area contributed by atoms with E-state index in [2.05, 4.69) is 16.7 Å². The first-order chi connectivity index (χ1) is 14.7. The van der Waals surface area contributed by atoms with E-state index < -0.39 is 5.92 Å². The van der Waals surface area contributed by atoms with Gasteiger partial charge in [0.25, 0.3) is 0 Å². The molecule has 2 N–H and O–H groups in total. The largest absolute Gasteiger partial charge is 0.468 e. The zero-order valence-electron chi connectivity index (χ0n) is 16.3. The summed E-state index contributed by atoms with van der Waals surface area (Å²) in [4.78, 5) is 25.0. The van der Waals surface area contributed by atoms with Gasteiger partial charge in [0.1, 0.15) is 5.76 Å². The van der Waals surface area contributed by atoms with Gasteiger partial charge in [0.15, 0.2) is 5.78 Å². The van der Waals surface area contributed by atoms with Crippen LogP contribution in [0.3, 0.4) is 0 Å². The van der Waals surface area contributed by atoms with E-state index in [-0.39, 0.29) is 17.4 Å². The van der Waals surface area contributed by atoms with Gasteiger partial charge in [-0.05, 0) is 30.5 Å². The fourth-order valence-corrected chi connectivity index (χ4v) is 4.65. The van der Waals surface area contributed by atoms with Crippen molar-refractivity contribution in [1.82, 2.24) is 10.6 Å². The number of hydrogen-bond donors (Lipinski definition) is 2. The molecule has 0 radical (unpaired) electrons. The first-order valence-corrected chi connectivity index (χ1v) is 10.8. The monoisotopic (exact) mass is 419 g/mol. The highest BCUT2D eigenvalue weighted by Gasteiger charge is 2.38. The number of ketones is 1. The molecule has 1 aromatic carbocycles. The van der Waals surface area contributed by atoms with Crippen LogP contribution in [-0.4, -0.2) is 17.4 Å². The van der Waals surface area contributed by atoms with E-state index in [0.29, 0.717) is 34.9 Å². The predicted molar refractivity (Wildman–Crippen MR) is 114 cm³/mol. The Hall–Kier alpha value is -3.24. The molecule has 1 aliphatic heterocycles. The van der Waals surface area contributed by atoms with Crippen LogP contribution in [0.4, 0.5) is 0 Å². The number of Topliss-reactive ketones (excluding diaryl/α,β-unsaturated/α-hetero) is 1. The summed E-state index contributed by atoms with van der Waals surface area (Å²) in [6.07, 6.45) is 3.53. The molecule has 6 nitrogen and oxygen atoms in total. The van der Waals surface area contributed by atoms with Gasteiger partial charge >= 0.3 is 0 Å². The number of nitrogens with one attached hydrogen (secondary N) is 2. The maximum atomic E-state index is 12.6. The maximum Gasteiger partial charge on any atom is 0.230 e. The Morgan fingerprint density at radius 2 is 2.07 bits per heavy atom. The Labute approximate surface area is 179 Å². The number of furan rings is 1. The zero-order valence-corrected chi connectivity index (χ0v) is 17.1. The molecule has 2 aliphatic rings. The molecule has 0 saturated carbocycles. The fraction of sp³-hybridized carbons (Fsp3) is 0.261. The zero-order chi connectivity index (χ0) is 20.9. The molecular formula is C23H21N3O3S. The van der Waals surface area contributed by atoms with Crippen molar-refractivity contribution in [3.8, 4) is 6.07 Å². The molecule has 0 spiro atoms. The number of carbonyl (C=O) groups is 2. The van der Waals surface area contributed by atoms with Gasteiger partial charge in [-0.25, -0.2) is 0 Å². The number of nitrogens with zero attached hydrogens (tertiary/aromatic N) is 1. The Morgan fingerprint density at radius 1 is 1.23 bits per heavy atom. The number of allylic oxidation sites excluding steroid dienone is 3. The highest BCUT2D eigenvalue weighted by atomic mass is 32.2. The smallest absolute Gasteiger partial charge is 0.230 e. The number of nitriles is 1. The van der Waals surface area contributed by atoms with E-state index in [1.165, 1.54) is 11.8 Å². The normalized spacial score (nSPS) is 18.5. The van der Waals surface area contributed by atoms with Crippen molar-refractivity contribution in [3.63, 3.8) is 0 Å². The van der Waals surface area contributed by atoms with Crippen LogP contribution in [0, 0.1) is 11.3 Å². The average molecular weight is 420 g/mol. The highest BCUT2D eigenvalue weighted by molar-refractivity contribution is 8.03. The minimum atomic E-state index is -0.524. The SMILES string of the molecule is N#CC1=C(SCC(=O)NCc2ccccc2)NC2=C(C(=O)CCC2)C1c1ccco1. The number of carbonyl (C=O) groups excluding carboxylic acids is 2. The summed E-state index contributed by atoms with van der Waals surface area (Å²) < 4.78 is 5.58. The molecule has 1 unspecified atom stereocenters. The highest BCUT2D eigenvalue weighted by Crippen LogP contribution is 2.43. The third-order valence-corrected chi connectivity index (χ3v) is 6.19. The lowest BCUT2D eigenvalue weighted by atomic mass is 9.79. The molecule has 1 atom stereocenters. The Morgan fingerprint density at radius 3 is 2.80 bits per heavy atom. The van der Waals surface area contributed by atoms with E-state index in [9.17, 15) is 14.9 Å². The third-order valence-electron chi connectivity index (χ3n) is 5.17. The van der Waals surface area contributed by atoms with E-state index in [4.69, 9.17) is 4.42 Å². The lowest BCUT2D eigenvalue weighted by Gasteiger charge is -2.32. The molecule has 0 bridgehead atoms. The first-order valence-electron chi connectivity index (χ1n) is 9.81. The number of thioether (sulfide) groups is 1. The van der Waals surface area contributed by atoms with Crippen molar-refractivity contribution in [2.75, 3.05) is 5.75 Å². The standard InChI is InChI=1S/C23H21N3O3S/c24-12-16-21(19-10-5-11-29-19)22-17(8-4-9-18(22)27)26-23(16)30-14-20(28)25-13-15-6-2-1-3-7-15/h1-3,5-7,10-11,21,26H,4,8-9,13-14H2,(H,25,28). The molecule has 4 rings (SSSR count). The molecule has 0 fully saturated rings. The molecule has 30 heavy (non-hydrogen) atoms. The van der Waals surface area contributed by atoms with Gasteiger partial charge in [0.05, 0.1) is 34.6 Å². The summed E-state index contributed by atoms with van der Waals surface area (Å²) in [5.74, 6) is 0.139. The van der Waals surface area contributed by atoms with Crippen molar-refractivity contribution in [2.45, 2.75) is 31.7 Å². The number of dihydropyridines is 1. The molecule has 2 heterocycles. The molecule has 1 amide bonds. The van der Waals surface area contributed by atoms with Crippen LogP contribution in [0.2, 0.25) is 0 Å². The second-order valence-corrected chi connectivity index (χ2v) is 8.13. The minimum absolute atomic E-state index is 0.0440. The predicted octanol–water partition coefficient (Wildman–Crippen LogP) is 3.76. The van der Waals surface area contributed by atoms with E-state index in [0.717, 1.165) is 24.1 Å². The van der Waals surface area contributed by atoms with Crippen LogP contribution in [0.25, 0.3) is 0 Å². The summed E-state index contributed by atoms with van der Waals surface area (Å²) in [6.45, 7) is 0.455. The number of amides is 1. The van der Waals surface area contributed by atoms with Crippen LogP contribution in [-0.2, 0) is 16.1 Å². The van der Waals surface area contributed by atoms with Gasteiger partial charge in [-0.3, -0.25) is 9.59 Å². The lowest BCUT2D eigenvalue weighted by molar-refractivity contribution is -0.119. The summed E-state index contributed by atoms with van der Waals surface area (Å²) in [7, 11) is 0. The Balaban J connectivity index is 1.52. The van der Waals surface area contributed by atoms with Crippen LogP contribution >= 0.6 is 11.8 Å².